The molecular formula is C17H19N5O3. The Balaban J connectivity index is 2.08. The number of nitrogens with one attached hydrogen (secondary N) is 1. The standard InChI is InChI=1S/C17H19N5O3/c1-10-14-15(13(16(18)23)8-19-17(14)22(2)21-10)20-11-5-4-6-12(7-11)25-9-24-3/h4-8H,9H2,1-3H3,(H2,18,23)(H,19,20). The van der Waals surface area contributed by atoms with Crippen LogP contribution in [0.25, 0.3) is 11.0 Å². The zero-order valence-electron chi connectivity index (χ0n) is 14.2. The van der Waals surface area contributed by atoms with Crippen molar-refractivity contribution in [3.05, 3.63) is 41.7 Å². The van der Waals surface area contributed by atoms with Crippen LogP contribution in [0.15, 0.2) is 30.5 Å². The number of primary amides is 1. The number of benzene rings is 1. The van der Waals surface area contributed by atoms with Gasteiger partial charge in [0.05, 0.1) is 22.3 Å². The molecule has 0 atom stereocenters. The molecular weight excluding hydrogens is 322 g/mol. The molecule has 0 saturated heterocycles. The molecule has 0 bridgehead atoms. The molecule has 25 heavy (non-hydrogen) atoms. The van der Waals surface area contributed by atoms with Gasteiger partial charge in [0, 0.05) is 32.1 Å². The van der Waals surface area contributed by atoms with E-state index in [2.05, 4.69) is 15.4 Å². The molecule has 0 aliphatic heterocycles. The Morgan fingerprint density at radius 3 is 2.92 bits per heavy atom. The summed E-state index contributed by atoms with van der Waals surface area (Å²) in [5, 5.41) is 8.38. The summed E-state index contributed by atoms with van der Waals surface area (Å²) in [5.74, 6) is 0.0765. The van der Waals surface area contributed by atoms with Crippen molar-refractivity contribution in [3.8, 4) is 5.75 Å². The fraction of sp³-hybridized carbons (Fsp3) is 0.235. The first-order valence-corrected chi connectivity index (χ1v) is 7.62. The van der Waals surface area contributed by atoms with Crippen molar-refractivity contribution in [3.63, 3.8) is 0 Å². The van der Waals surface area contributed by atoms with Crippen LogP contribution in [0.1, 0.15) is 16.1 Å². The number of carbonyl (C=O) groups is 1. The molecule has 2 aromatic heterocycles. The molecule has 3 rings (SSSR count). The predicted molar refractivity (Wildman–Crippen MR) is 94.0 cm³/mol. The van der Waals surface area contributed by atoms with Gasteiger partial charge in [-0.25, -0.2) is 4.98 Å². The fourth-order valence-electron chi connectivity index (χ4n) is 2.66. The summed E-state index contributed by atoms with van der Waals surface area (Å²) in [4.78, 5) is 16.2. The number of aryl methyl sites for hydroxylation is 2. The van der Waals surface area contributed by atoms with E-state index in [0.29, 0.717) is 22.6 Å². The smallest absolute Gasteiger partial charge is 0.252 e. The summed E-state index contributed by atoms with van der Waals surface area (Å²) in [6, 6.07) is 7.33. The highest BCUT2D eigenvalue weighted by atomic mass is 16.7. The number of aromatic nitrogens is 3. The normalized spacial score (nSPS) is 10.8. The van der Waals surface area contributed by atoms with Crippen LogP contribution in [-0.2, 0) is 11.8 Å². The van der Waals surface area contributed by atoms with Gasteiger partial charge in [0.2, 0.25) is 0 Å². The lowest BCUT2D eigenvalue weighted by Gasteiger charge is -2.13. The van der Waals surface area contributed by atoms with E-state index in [-0.39, 0.29) is 6.79 Å². The van der Waals surface area contributed by atoms with Crippen molar-refractivity contribution >= 4 is 28.3 Å². The van der Waals surface area contributed by atoms with Gasteiger partial charge in [-0.2, -0.15) is 5.10 Å². The van der Waals surface area contributed by atoms with Crippen LogP contribution in [0.2, 0.25) is 0 Å². The number of methoxy groups -OCH3 is 1. The second-order valence-electron chi connectivity index (χ2n) is 5.52. The van der Waals surface area contributed by atoms with Gasteiger partial charge < -0.3 is 20.5 Å². The number of hydrogen-bond donors (Lipinski definition) is 2. The lowest BCUT2D eigenvalue weighted by Crippen LogP contribution is -2.14. The van der Waals surface area contributed by atoms with E-state index in [1.807, 2.05) is 31.2 Å². The van der Waals surface area contributed by atoms with Crippen molar-refractivity contribution in [2.24, 2.45) is 12.8 Å². The largest absolute Gasteiger partial charge is 0.467 e. The Kier molecular flexibility index (Phi) is 4.53. The zero-order valence-corrected chi connectivity index (χ0v) is 14.2. The van der Waals surface area contributed by atoms with E-state index in [0.717, 1.165) is 16.8 Å². The Labute approximate surface area is 144 Å². The van der Waals surface area contributed by atoms with Gasteiger partial charge in [0.15, 0.2) is 12.4 Å². The summed E-state index contributed by atoms with van der Waals surface area (Å²) >= 11 is 0. The van der Waals surface area contributed by atoms with E-state index in [1.54, 1.807) is 18.8 Å². The maximum absolute atomic E-state index is 11.9. The van der Waals surface area contributed by atoms with E-state index in [1.165, 1.54) is 6.20 Å². The van der Waals surface area contributed by atoms with Crippen LogP contribution in [0.4, 0.5) is 11.4 Å². The number of amides is 1. The van der Waals surface area contributed by atoms with Crippen LogP contribution >= 0.6 is 0 Å². The molecule has 8 heteroatoms. The Morgan fingerprint density at radius 1 is 1.40 bits per heavy atom. The number of carbonyl (C=O) groups excluding carboxylic acids is 1. The fourth-order valence-corrected chi connectivity index (χ4v) is 2.66. The monoisotopic (exact) mass is 341 g/mol. The highest BCUT2D eigenvalue weighted by molar-refractivity contribution is 6.07. The van der Waals surface area contributed by atoms with Crippen molar-refractivity contribution in [1.29, 1.82) is 0 Å². The van der Waals surface area contributed by atoms with Crippen LogP contribution in [0.3, 0.4) is 0 Å². The molecule has 0 unspecified atom stereocenters. The highest BCUT2D eigenvalue weighted by Crippen LogP contribution is 2.31. The minimum atomic E-state index is -0.563. The van der Waals surface area contributed by atoms with Crippen LogP contribution in [-0.4, -0.2) is 34.6 Å². The van der Waals surface area contributed by atoms with Gasteiger partial charge in [0.25, 0.3) is 5.91 Å². The second kappa shape index (κ2) is 6.78. The molecule has 1 aromatic carbocycles. The van der Waals surface area contributed by atoms with Crippen LogP contribution in [0.5, 0.6) is 5.75 Å². The minimum absolute atomic E-state index is 0.150. The van der Waals surface area contributed by atoms with E-state index < -0.39 is 5.91 Å². The maximum Gasteiger partial charge on any atom is 0.252 e. The average molecular weight is 341 g/mol. The second-order valence-corrected chi connectivity index (χ2v) is 5.52. The number of fused-ring (bicyclic) bond motifs is 1. The van der Waals surface area contributed by atoms with Crippen LogP contribution in [0, 0.1) is 6.92 Å². The van der Waals surface area contributed by atoms with Crippen molar-refractivity contribution in [1.82, 2.24) is 14.8 Å². The number of nitrogens with two attached hydrogens (primary N) is 1. The quantitative estimate of drug-likeness (QED) is 0.665. The summed E-state index contributed by atoms with van der Waals surface area (Å²) in [7, 11) is 3.36. The van der Waals surface area contributed by atoms with Gasteiger partial charge in [-0.1, -0.05) is 6.07 Å². The number of nitrogens with zero attached hydrogens (tertiary/aromatic N) is 3. The van der Waals surface area contributed by atoms with Gasteiger partial charge in [-0.3, -0.25) is 9.48 Å². The van der Waals surface area contributed by atoms with E-state index >= 15 is 0 Å². The first-order valence-electron chi connectivity index (χ1n) is 7.62. The minimum Gasteiger partial charge on any atom is -0.467 e. The summed E-state index contributed by atoms with van der Waals surface area (Å²) in [5.41, 5.74) is 8.56. The predicted octanol–water partition coefficient (Wildman–Crippen LogP) is 2.10. The lowest BCUT2D eigenvalue weighted by molar-refractivity contribution is 0.0512. The SMILES string of the molecule is COCOc1cccc(Nc2c(C(N)=O)cnc3c2c(C)nn3C)c1. The Morgan fingerprint density at radius 2 is 2.20 bits per heavy atom. The first-order chi connectivity index (χ1) is 12.0. The molecule has 0 spiro atoms. The third-order valence-corrected chi connectivity index (χ3v) is 3.74. The molecule has 3 aromatic rings. The number of ether oxygens (including phenoxy) is 2. The zero-order chi connectivity index (χ0) is 18.0. The molecule has 0 radical (unpaired) electrons. The number of pyridine rings is 1. The maximum atomic E-state index is 11.9. The van der Waals surface area contributed by atoms with Gasteiger partial charge in [0.1, 0.15) is 5.75 Å². The highest BCUT2D eigenvalue weighted by Gasteiger charge is 2.18. The van der Waals surface area contributed by atoms with Gasteiger partial charge in [-0.05, 0) is 19.1 Å². The third kappa shape index (κ3) is 3.24. The van der Waals surface area contributed by atoms with Crippen LogP contribution < -0.4 is 15.8 Å². The topological polar surface area (TPSA) is 104 Å². The lowest BCUT2D eigenvalue weighted by atomic mass is 10.1. The molecule has 8 nitrogen and oxygen atoms in total. The molecule has 0 fully saturated rings. The number of rotatable bonds is 6. The van der Waals surface area contributed by atoms with Crippen molar-refractivity contribution in [2.45, 2.75) is 6.92 Å². The van der Waals surface area contributed by atoms with Crippen molar-refractivity contribution in [2.75, 3.05) is 19.2 Å². The number of hydrogen-bond acceptors (Lipinski definition) is 6. The molecule has 1 amide bonds. The molecule has 2 heterocycles. The summed E-state index contributed by atoms with van der Waals surface area (Å²) in [6.07, 6.45) is 1.46. The van der Waals surface area contributed by atoms with Gasteiger partial charge in [-0.15, -0.1) is 0 Å². The van der Waals surface area contributed by atoms with Gasteiger partial charge >= 0.3 is 0 Å². The Bertz CT molecular complexity index is 935. The molecule has 0 aliphatic rings. The molecule has 0 saturated carbocycles. The summed E-state index contributed by atoms with van der Waals surface area (Å²) < 4.78 is 12.0. The number of anilines is 2. The third-order valence-electron chi connectivity index (χ3n) is 3.74. The molecule has 3 N–H and O–H groups in total. The molecule has 130 valence electrons. The van der Waals surface area contributed by atoms with E-state index in [9.17, 15) is 4.79 Å². The molecule has 0 aliphatic carbocycles. The summed E-state index contributed by atoms with van der Waals surface area (Å²) in [6.45, 7) is 2.01. The van der Waals surface area contributed by atoms with Crippen molar-refractivity contribution < 1.29 is 14.3 Å². The average Bonchev–Trinajstić information content (AvgIpc) is 2.88. The first kappa shape index (κ1) is 16.7. The Hall–Kier alpha value is -3.13. The van der Waals surface area contributed by atoms with E-state index in [4.69, 9.17) is 15.2 Å².